The minimum Gasteiger partial charge on any atom is -0.493 e. The van der Waals surface area contributed by atoms with Gasteiger partial charge in [0.1, 0.15) is 11.4 Å². The van der Waals surface area contributed by atoms with Gasteiger partial charge in [-0.05, 0) is 55.9 Å². The molecule has 0 bridgehead atoms. The molecule has 250 valence electrons. The Morgan fingerprint density at radius 2 is 1.83 bits per heavy atom. The number of benzene rings is 3. The van der Waals surface area contributed by atoms with Crippen LogP contribution in [0.25, 0.3) is 32.8 Å². The summed E-state index contributed by atoms with van der Waals surface area (Å²) in [6, 6.07) is 17.2. The Morgan fingerprint density at radius 3 is 2.55 bits per heavy atom. The summed E-state index contributed by atoms with van der Waals surface area (Å²) in [5, 5.41) is 21.0. The number of aryl methyl sites for hydroxylation is 2. The van der Waals surface area contributed by atoms with Gasteiger partial charge < -0.3 is 24.5 Å². The van der Waals surface area contributed by atoms with Gasteiger partial charge >= 0.3 is 5.97 Å². The standard InChI is InChI=1S/C32H30ClF2N3O4.C4H11N/c1-19-27-25(36-37(19)2)17-41-16-14-32(34,35)18-38-29-23(12-13-24(33)28(27)29)22(30(38)31(39)40)10-6-15-42-26-11-5-8-20-7-3-4-9-21(20)26;1-3-5-4-2/h3-5,7-9,11-13H,6,10,14-18H2,1-2H3,(H,39,40);5H,3-4H2,1-2H3. The summed E-state index contributed by atoms with van der Waals surface area (Å²) >= 11 is 6.79. The number of alkyl halides is 2. The predicted molar refractivity (Wildman–Crippen MR) is 182 cm³/mol. The first-order valence-electron chi connectivity index (χ1n) is 15.9. The van der Waals surface area contributed by atoms with E-state index in [0.29, 0.717) is 57.8 Å². The molecule has 3 aromatic carbocycles. The minimum atomic E-state index is -3.22. The monoisotopic (exact) mass is 666 g/mol. The van der Waals surface area contributed by atoms with Gasteiger partial charge in [0.05, 0.1) is 42.6 Å². The molecule has 1 aliphatic heterocycles. The molecule has 0 radical (unpaired) electrons. The van der Waals surface area contributed by atoms with Gasteiger partial charge in [0.25, 0.3) is 5.92 Å². The van der Waals surface area contributed by atoms with Crippen molar-refractivity contribution in [3.8, 4) is 16.9 Å². The van der Waals surface area contributed by atoms with Crippen molar-refractivity contribution in [3.63, 3.8) is 0 Å². The lowest BCUT2D eigenvalue weighted by Crippen LogP contribution is -2.27. The first-order valence-corrected chi connectivity index (χ1v) is 16.3. The van der Waals surface area contributed by atoms with Crippen LogP contribution in [0, 0.1) is 6.92 Å². The second kappa shape index (κ2) is 14.8. The van der Waals surface area contributed by atoms with Crippen LogP contribution in [0.5, 0.6) is 5.75 Å². The number of aromatic carboxylic acids is 1. The maximum absolute atomic E-state index is 15.3. The molecule has 0 saturated heterocycles. The molecular formula is C36H41ClF2N4O4. The summed E-state index contributed by atoms with van der Waals surface area (Å²) in [5.74, 6) is -3.76. The highest BCUT2D eigenvalue weighted by atomic mass is 35.5. The first kappa shape index (κ1) is 34.3. The summed E-state index contributed by atoms with van der Waals surface area (Å²) in [6.45, 7) is 7.59. The molecule has 2 aromatic heterocycles. The zero-order valence-corrected chi connectivity index (χ0v) is 28.0. The largest absolute Gasteiger partial charge is 0.493 e. The topological polar surface area (TPSA) is 90.5 Å². The molecule has 0 aliphatic carbocycles. The van der Waals surface area contributed by atoms with Gasteiger partial charge in [0.15, 0.2) is 0 Å². The Kier molecular flexibility index (Phi) is 10.8. The molecule has 1 aliphatic rings. The maximum Gasteiger partial charge on any atom is 0.352 e. The number of hydrogen-bond donors (Lipinski definition) is 2. The Balaban J connectivity index is 0.000000807. The minimum absolute atomic E-state index is 0.0324. The highest BCUT2D eigenvalue weighted by Gasteiger charge is 2.36. The summed E-state index contributed by atoms with van der Waals surface area (Å²) in [6.07, 6.45) is 0.226. The number of carboxylic acid groups (broad SMARTS) is 1. The average Bonchev–Trinajstić information content (AvgIpc) is 3.49. The van der Waals surface area contributed by atoms with Crippen LogP contribution in [-0.2, 0) is 31.4 Å². The molecule has 0 saturated carbocycles. The van der Waals surface area contributed by atoms with E-state index in [-0.39, 0.29) is 18.9 Å². The Hall–Kier alpha value is -3.99. The summed E-state index contributed by atoms with van der Waals surface area (Å²) in [4.78, 5) is 12.8. The summed E-state index contributed by atoms with van der Waals surface area (Å²) in [7, 11) is 1.79. The quantitative estimate of drug-likeness (QED) is 0.163. The van der Waals surface area contributed by atoms with Crippen molar-refractivity contribution in [2.24, 2.45) is 7.05 Å². The average molecular weight is 667 g/mol. The van der Waals surface area contributed by atoms with Crippen molar-refractivity contribution in [2.75, 3.05) is 26.3 Å². The smallest absolute Gasteiger partial charge is 0.352 e. The molecule has 11 heteroatoms. The third-order valence-electron chi connectivity index (χ3n) is 8.46. The fourth-order valence-corrected chi connectivity index (χ4v) is 6.44. The van der Waals surface area contributed by atoms with Gasteiger partial charge in [-0.25, -0.2) is 13.6 Å². The van der Waals surface area contributed by atoms with Gasteiger partial charge in [-0.1, -0.05) is 67.9 Å². The highest BCUT2D eigenvalue weighted by molar-refractivity contribution is 6.35. The van der Waals surface area contributed by atoms with Crippen LogP contribution in [0.15, 0.2) is 54.6 Å². The van der Waals surface area contributed by atoms with E-state index in [0.717, 1.165) is 35.3 Å². The van der Waals surface area contributed by atoms with Crippen molar-refractivity contribution < 1.29 is 28.2 Å². The van der Waals surface area contributed by atoms with Crippen LogP contribution in [0.3, 0.4) is 0 Å². The predicted octanol–water partition coefficient (Wildman–Crippen LogP) is 8.04. The van der Waals surface area contributed by atoms with Gasteiger partial charge in [-0.3, -0.25) is 4.68 Å². The van der Waals surface area contributed by atoms with E-state index in [9.17, 15) is 9.90 Å². The molecule has 2 N–H and O–H groups in total. The number of fused-ring (bicyclic) bond motifs is 3. The third-order valence-corrected chi connectivity index (χ3v) is 8.77. The molecule has 0 fully saturated rings. The van der Waals surface area contributed by atoms with Crippen molar-refractivity contribution >= 4 is 39.2 Å². The number of hydrogen-bond acceptors (Lipinski definition) is 5. The maximum atomic E-state index is 15.3. The van der Waals surface area contributed by atoms with Crippen LogP contribution in [0.2, 0.25) is 5.02 Å². The molecule has 0 spiro atoms. The van der Waals surface area contributed by atoms with E-state index in [1.165, 1.54) is 4.57 Å². The second-order valence-corrected chi connectivity index (χ2v) is 12.0. The van der Waals surface area contributed by atoms with Crippen LogP contribution >= 0.6 is 11.6 Å². The van der Waals surface area contributed by atoms with E-state index in [1.807, 2.05) is 49.4 Å². The van der Waals surface area contributed by atoms with Gasteiger partial charge in [0, 0.05) is 41.1 Å². The number of halogens is 3. The molecule has 0 unspecified atom stereocenters. The Labute approximate surface area is 278 Å². The molecule has 5 aromatic rings. The number of aromatic nitrogens is 3. The van der Waals surface area contributed by atoms with E-state index in [4.69, 9.17) is 21.1 Å². The van der Waals surface area contributed by atoms with Gasteiger partial charge in [-0.15, -0.1) is 0 Å². The van der Waals surface area contributed by atoms with Crippen LogP contribution in [0.4, 0.5) is 8.78 Å². The Bertz CT molecular complexity index is 1880. The number of nitrogens with one attached hydrogen (secondary N) is 1. The van der Waals surface area contributed by atoms with Crippen LogP contribution in [0.1, 0.15) is 54.1 Å². The number of carbonyl (C=O) groups is 1. The molecule has 8 nitrogen and oxygen atoms in total. The van der Waals surface area contributed by atoms with Crippen molar-refractivity contribution in [2.45, 2.75) is 59.1 Å². The van der Waals surface area contributed by atoms with Crippen molar-refractivity contribution in [1.29, 1.82) is 0 Å². The third kappa shape index (κ3) is 7.30. The molecule has 47 heavy (non-hydrogen) atoms. The second-order valence-electron chi connectivity index (χ2n) is 11.6. The number of nitrogens with zero attached hydrogens (tertiary/aromatic N) is 3. The van der Waals surface area contributed by atoms with Crippen molar-refractivity contribution in [1.82, 2.24) is 19.7 Å². The molecular weight excluding hydrogens is 626 g/mol. The lowest BCUT2D eigenvalue weighted by atomic mass is 9.98. The fourth-order valence-electron chi connectivity index (χ4n) is 6.19. The number of carboxylic acids is 1. The van der Waals surface area contributed by atoms with E-state index < -0.39 is 24.9 Å². The SMILES string of the molecule is CCNCC.Cc1c2c(nn1C)COCCC(F)(F)Cn1c(C(=O)O)c(CCCOc3cccc4ccccc34)c3ccc(Cl)c-2c31. The number of rotatable bonds is 8. The molecule has 3 heterocycles. The van der Waals surface area contributed by atoms with Crippen molar-refractivity contribution in [3.05, 3.63) is 82.3 Å². The zero-order valence-electron chi connectivity index (χ0n) is 27.2. The van der Waals surface area contributed by atoms with Gasteiger partial charge in [0.2, 0.25) is 0 Å². The molecule has 0 atom stereocenters. The number of ether oxygens (including phenoxy) is 2. The highest BCUT2D eigenvalue weighted by Crippen LogP contribution is 2.43. The Morgan fingerprint density at radius 1 is 1.09 bits per heavy atom. The summed E-state index contributed by atoms with van der Waals surface area (Å²) < 4.78 is 45.3. The van der Waals surface area contributed by atoms with Crippen LogP contribution < -0.4 is 10.1 Å². The molecule has 6 rings (SSSR count). The summed E-state index contributed by atoms with van der Waals surface area (Å²) in [5.41, 5.74) is 3.15. The molecule has 0 amide bonds. The lowest BCUT2D eigenvalue weighted by molar-refractivity contribution is -0.0483. The fraction of sp³-hybridized carbons (Fsp3) is 0.389. The van der Waals surface area contributed by atoms with E-state index >= 15 is 8.78 Å². The van der Waals surface area contributed by atoms with E-state index in [1.54, 1.807) is 23.9 Å². The normalized spacial score (nSPS) is 14.3. The zero-order chi connectivity index (χ0) is 33.7. The first-order chi connectivity index (χ1) is 22.6. The lowest BCUT2D eigenvalue weighted by Gasteiger charge is -2.20. The van der Waals surface area contributed by atoms with Crippen LogP contribution in [-0.4, -0.2) is 57.6 Å². The van der Waals surface area contributed by atoms with Gasteiger partial charge in [-0.2, -0.15) is 5.10 Å². The van der Waals surface area contributed by atoms with E-state index in [2.05, 4.69) is 24.3 Å².